The van der Waals surface area contributed by atoms with E-state index in [1.807, 2.05) is 22.9 Å². The van der Waals surface area contributed by atoms with Gasteiger partial charge in [0.25, 0.3) is 5.91 Å². The molecule has 1 heterocycles. The summed E-state index contributed by atoms with van der Waals surface area (Å²) in [6.45, 7) is 0. The number of imidazole rings is 1. The molecule has 0 aliphatic heterocycles. The highest BCUT2D eigenvalue weighted by Crippen LogP contribution is 2.27. The Morgan fingerprint density at radius 3 is 2.68 bits per heavy atom. The Bertz CT molecular complexity index is 646. The average Bonchev–Trinajstić information content (AvgIpc) is 3.03. The van der Waals surface area contributed by atoms with E-state index in [0.717, 1.165) is 31.4 Å². The predicted molar refractivity (Wildman–Crippen MR) is 82.9 cm³/mol. The van der Waals surface area contributed by atoms with Crippen molar-refractivity contribution < 1.29 is 9.53 Å². The molecule has 1 fully saturated rings. The summed E-state index contributed by atoms with van der Waals surface area (Å²) in [5.74, 6) is 0.0406. The lowest BCUT2D eigenvalue weighted by Crippen LogP contribution is -2.32. The van der Waals surface area contributed by atoms with E-state index in [2.05, 4.69) is 4.98 Å². The molecule has 0 radical (unpaired) electrons. The van der Waals surface area contributed by atoms with Gasteiger partial charge in [-0.1, -0.05) is 0 Å². The molecule has 6 nitrogen and oxygen atoms in total. The molecule has 0 saturated heterocycles. The lowest BCUT2D eigenvalue weighted by atomic mass is 9.93. The minimum absolute atomic E-state index is 0.0796. The first-order valence-corrected chi connectivity index (χ1v) is 7.48. The van der Waals surface area contributed by atoms with Crippen LogP contribution in [-0.4, -0.2) is 27.6 Å². The maximum atomic E-state index is 11.6. The number of carbonyl (C=O) groups excluding carboxylic acids is 1. The van der Waals surface area contributed by atoms with Crippen LogP contribution in [0.1, 0.15) is 36.0 Å². The number of aromatic nitrogens is 2. The van der Waals surface area contributed by atoms with Crippen LogP contribution in [0.15, 0.2) is 36.9 Å². The van der Waals surface area contributed by atoms with Crippen molar-refractivity contribution in [3.05, 3.63) is 42.5 Å². The highest BCUT2D eigenvalue weighted by molar-refractivity contribution is 5.96. The van der Waals surface area contributed by atoms with Crippen LogP contribution in [0.3, 0.4) is 0 Å². The van der Waals surface area contributed by atoms with E-state index in [-0.39, 0.29) is 12.1 Å². The topological polar surface area (TPSA) is 96.2 Å². The lowest BCUT2D eigenvalue weighted by molar-refractivity contribution is 0.0986. The molecule has 3 rings (SSSR count). The van der Waals surface area contributed by atoms with E-state index >= 15 is 0 Å². The van der Waals surface area contributed by atoms with Gasteiger partial charge in [-0.25, -0.2) is 4.98 Å². The van der Waals surface area contributed by atoms with Crippen molar-refractivity contribution in [2.24, 2.45) is 11.5 Å². The van der Waals surface area contributed by atoms with Gasteiger partial charge in [0, 0.05) is 24.5 Å². The van der Waals surface area contributed by atoms with Gasteiger partial charge >= 0.3 is 0 Å². The number of nitrogens with zero attached hydrogens (tertiary/aromatic N) is 2. The molecule has 1 amide bonds. The van der Waals surface area contributed by atoms with Crippen molar-refractivity contribution >= 4 is 5.91 Å². The summed E-state index contributed by atoms with van der Waals surface area (Å²) in [5.41, 5.74) is 12.7. The van der Waals surface area contributed by atoms with E-state index in [0.29, 0.717) is 11.3 Å². The molecule has 6 heteroatoms. The maximum absolute atomic E-state index is 11.6. The van der Waals surface area contributed by atoms with Gasteiger partial charge in [0.2, 0.25) is 0 Å². The summed E-state index contributed by atoms with van der Waals surface area (Å²) in [7, 11) is 0. The zero-order valence-electron chi connectivity index (χ0n) is 12.3. The van der Waals surface area contributed by atoms with Gasteiger partial charge < -0.3 is 20.8 Å². The molecule has 1 aliphatic rings. The second-order valence-electron chi connectivity index (χ2n) is 5.67. The third-order valence-electron chi connectivity index (χ3n) is 4.05. The highest BCUT2D eigenvalue weighted by Gasteiger charge is 2.22. The fourth-order valence-electron chi connectivity index (χ4n) is 2.77. The van der Waals surface area contributed by atoms with E-state index in [4.69, 9.17) is 16.2 Å². The van der Waals surface area contributed by atoms with Crippen LogP contribution < -0.4 is 16.2 Å². The lowest BCUT2D eigenvalue weighted by Gasteiger charge is -2.27. The Morgan fingerprint density at radius 2 is 2.05 bits per heavy atom. The second kappa shape index (κ2) is 6.19. The van der Waals surface area contributed by atoms with Gasteiger partial charge in [-0.2, -0.15) is 0 Å². The van der Waals surface area contributed by atoms with Crippen molar-refractivity contribution in [2.45, 2.75) is 37.8 Å². The molecule has 22 heavy (non-hydrogen) atoms. The molecule has 0 bridgehead atoms. The molecule has 1 aromatic carbocycles. The van der Waals surface area contributed by atoms with E-state index in [9.17, 15) is 4.79 Å². The van der Waals surface area contributed by atoms with E-state index < -0.39 is 5.91 Å². The SMILES string of the molecule is NC(=O)c1ccc(-n2ccnc2)cc1OC1CCC(N)CC1. The Balaban J connectivity index is 1.86. The molecule has 1 aliphatic carbocycles. The first-order chi connectivity index (χ1) is 10.6. The minimum Gasteiger partial charge on any atom is -0.490 e. The zero-order valence-corrected chi connectivity index (χ0v) is 12.3. The first-order valence-electron chi connectivity index (χ1n) is 7.48. The van der Waals surface area contributed by atoms with Crippen LogP contribution in [0.2, 0.25) is 0 Å². The summed E-state index contributed by atoms with van der Waals surface area (Å²) in [5, 5.41) is 0. The van der Waals surface area contributed by atoms with Crippen molar-refractivity contribution in [1.29, 1.82) is 0 Å². The van der Waals surface area contributed by atoms with Gasteiger partial charge in [0.15, 0.2) is 0 Å². The Morgan fingerprint density at radius 1 is 1.27 bits per heavy atom. The van der Waals surface area contributed by atoms with E-state index in [1.165, 1.54) is 0 Å². The van der Waals surface area contributed by atoms with Crippen molar-refractivity contribution in [2.75, 3.05) is 0 Å². The summed E-state index contributed by atoms with van der Waals surface area (Å²) in [4.78, 5) is 15.6. The molecule has 4 N–H and O–H groups in total. The molecule has 0 spiro atoms. The maximum Gasteiger partial charge on any atom is 0.252 e. The van der Waals surface area contributed by atoms with Crippen LogP contribution in [-0.2, 0) is 0 Å². The first kappa shape index (κ1) is 14.6. The number of amides is 1. The van der Waals surface area contributed by atoms with Crippen molar-refractivity contribution in [3.8, 4) is 11.4 Å². The normalized spacial score (nSPS) is 21.5. The van der Waals surface area contributed by atoms with Crippen LogP contribution in [0.4, 0.5) is 0 Å². The smallest absolute Gasteiger partial charge is 0.252 e. The molecular formula is C16H20N4O2. The fraction of sp³-hybridized carbons (Fsp3) is 0.375. The van der Waals surface area contributed by atoms with Crippen LogP contribution in [0.25, 0.3) is 5.69 Å². The van der Waals surface area contributed by atoms with Crippen LogP contribution >= 0.6 is 0 Å². The Kier molecular flexibility index (Phi) is 4.11. The second-order valence-corrected chi connectivity index (χ2v) is 5.67. The molecule has 1 saturated carbocycles. The summed E-state index contributed by atoms with van der Waals surface area (Å²) >= 11 is 0. The molecule has 1 aromatic heterocycles. The fourth-order valence-corrected chi connectivity index (χ4v) is 2.77. The molecule has 2 aromatic rings. The largest absolute Gasteiger partial charge is 0.490 e. The van der Waals surface area contributed by atoms with Gasteiger partial charge in [-0.15, -0.1) is 0 Å². The Labute approximate surface area is 129 Å². The molecule has 0 unspecified atom stereocenters. The van der Waals surface area contributed by atoms with Crippen molar-refractivity contribution in [3.63, 3.8) is 0 Å². The quantitative estimate of drug-likeness (QED) is 0.896. The number of hydrogen-bond acceptors (Lipinski definition) is 4. The monoisotopic (exact) mass is 300 g/mol. The number of carbonyl (C=O) groups is 1. The van der Waals surface area contributed by atoms with Gasteiger partial charge in [0.1, 0.15) is 5.75 Å². The van der Waals surface area contributed by atoms with Crippen LogP contribution in [0.5, 0.6) is 5.75 Å². The highest BCUT2D eigenvalue weighted by atomic mass is 16.5. The third-order valence-corrected chi connectivity index (χ3v) is 4.05. The van der Waals surface area contributed by atoms with E-state index in [1.54, 1.807) is 18.6 Å². The number of primary amides is 1. The third kappa shape index (κ3) is 3.12. The van der Waals surface area contributed by atoms with Gasteiger partial charge in [-0.05, 0) is 37.8 Å². The number of benzene rings is 1. The summed E-state index contributed by atoms with van der Waals surface area (Å²) in [6.07, 6.45) is 8.99. The molecule has 0 atom stereocenters. The van der Waals surface area contributed by atoms with Gasteiger partial charge in [-0.3, -0.25) is 4.79 Å². The Hall–Kier alpha value is -2.34. The van der Waals surface area contributed by atoms with Gasteiger partial charge in [0.05, 0.1) is 23.7 Å². The van der Waals surface area contributed by atoms with Crippen molar-refractivity contribution in [1.82, 2.24) is 9.55 Å². The molecule has 116 valence electrons. The minimum atomic E-state index is -0.486. The van der Waals surface area contributed by atoms with Crippen LogP contribution in [0, 0.1) is 0 Å². The summed E-state index contributed by atoms with van der Waals surface area (Å²) < 4.78 is 7.90. The predicted octanol–water partition coefficient (Wildman–Crippen LogP) is 1.62. The number of rotatable bonds is 4. The zero-order chi connectivity index (χ0) is 15.5. The average molecular weight is 300 g/mol. The summed E-state index contributed by atoms with van der Waals surface area (Å²) in [6, 6.07) is 5.61. The molecular weight excluding hydrogens is 280 g/mol. The standard InChI is InChI=1S/C16H20N4O2/c17-11-1-4-13(5-2-11)22-15-9-12(20-8-7-19-10-20)3-6-14(15)16(18)21/h3,6-11,13H,1-2,4-5,17H2,(H2,18,21). The number of ether oxygens (including phenoxy) is 1. The number of nitrogens with two attached hydrogens (primary N) is 2. The number of hydrogen-bond donors (Lipinski definition) is 2.